The van der Waals surface area contributed by atoms with Gasteiger partial charge in [-0.1, -0.05) is 0 Å². The van der Waals surface area contributed by atoms with E-state index in [1.165, 1.54) is 13.2 Å². The zero-order valence-electron chi connectivity index (χ0n) is 7.43. The predicted molar refractivity (Wildman–Crippen MR) is 66.0 cm³/mol. The fourth-order valence-corrected chi connectivity index (χ4v) is 1.93. The van der Waals surface area contributed by atoms with E-state index < -0.39 is 18.1 Å². The first-order chi connectivity index (χ1) is 6.97. The van der Waals surface area contributed by atoms with E-state index in [0.717, 1.165) is 0 Å². The van der Waals surface area contributed by atoms with Gasteiger partial charge in [0.15, 0.2) is 5.69 Å². The molecule has 0 amide bonds. The van der Waals surface area contributed by atoms with Crippen LogP contribution in [0.5, 0.6) is 0 Å². The number of hydrogen-bond donors (Lipinski definition) is 0. The van der Waals surface area contributed by atoms with Crippen LogP contribution in [0.2, 0.25) is 0 Å². The van der Waals surface area contributed by atoms with Gasteiger partial charge in [-0.2, -0.15) is 0 Å². The Morgan fingerprint density at radius 1 is 1.53 bits per heavy atom. The van der Waals surface area contributed by atoms with Crippen LogP contribution in [0.15, 0.2) is 6.07 Å². The summed E-state index contributed by atoms with van der Waals surface area (Å²) in [7, 11) is 1.18. The van der Waals surface area contributed by atoms with E-state index in [1.807, 2.05) is 45.2 Å². The lowest BCUT2D eigenvalue weighted by Crippen LogP contribution is -2.10. The predicted octanol–water partition coefficient (Wildman–Crippen LogP) is 3.02. The average Bonchev–Trinajstić information content (AvgIpc) is 2.20. The highest BCUT2D eigenvalue weighted by Gasteiger charge is 2.19. The lowest BCUT2D eigenvalue weighted by Gasteiger charge is -2.06. The first-order valence-corrected chi connectivity index (χ1v) is 5.85. The second-order valence-electron chi connectivity index (χ2n) is 2.48. The molecule has 0 aromatic carbocycles. The first kappa shape index (κ1) is 13.0. The smallest absolute Gasteiger partial charge is 0.357 e. The van der Waals surface area contributed by atoms with Gasteiger partial charge in [0.2, 0.25) is 0 Å². The SMILES string of the molecule is COC(=O)c1nc(C(F)F)cc(I)c1I. The van der Waals surface area contributed by atoms with Crippen LogP contribution in [0.4, 0.5) is 8.78 Å². The first-order valence-electron chi connectivity index (χ1n) is 3.69. The van der Waals surface area contributed by atoms with Crippen molar-refractivity contribution >= 4 is 51.2 Å². The van der Waals surface area contributed by atoms with Crippen molar-refractivity contribution in [3.05, 3.63) is 24.6 Å². The molecule has 3 nitrogen and oxygen atoms in total. The van der Waals surface area contributed by atoms with E-state index in [0.29, 0.717) is 7.14 Å². The topological polar surface area (TPSA) is 39.2 Å². The number of carbonyl (C=O) groups excluding carboxylic acids is 1. The largest absolute Gasteiger partial charge is 0.464 e. The third kappa shape index (κ3) is 2.95. The number of carbonyl (C=O) groups is 1. The van der Waals surface area contributed by atoms with E-state index in [1.54, 1.807) is 0 Å². The summed E-state index contributed by atoms with van der Waals surface area (Å²) in [5.41, 5.74) is -0.486. The van der Waals surface area contributed by atoms with Crippen molar-refractivity contribution in [2.75, 3.05) is 7.11 Å². The van der Waals surface area contributed by atoms with E-state index in [2.05, 4.69) is 9.72 Å². The third-order valence-electron chi connectivity index (χ3n) is 1.54. The Bertz CT molecular complexity index is 398. The van der Waals surface area contributed by atoms with Crippen molar-refractivity contribution in [3.63, 3.8) is 0 Å². The number of rotatable bonds is 2. The number of nitrogens with zero attached hydrogens (tertiary/aromatic N) is 1. The molecule has 0 atom stereocenters. The molecule has 0 aliphatic heterocycles. The molecule has 0 radical (unpaired) electrons. The minimum absolute atomic E-state index is 0.0692. The normalized spacial score (nSPS) is 10.5. The van der Waals surface area contributed by atoms with Gasteiger partial charge in [0.05, 0.1) is 10.7 Å². The Hall–Kier alpha value is -0.0600. The van der Waals surface area contributed by atoms with E-state index in [-0.39, 0.29) is 5.69 Å². The Kier molecular flexibility index (Phi) is 4.62. The van der Waals surface area contributed by atoms with Gasteiger partial charge in [-0.3, -0.25) is 0 Å². The second-order valence-corrected chi connectivity index (χ2v) is 4.72. The van der Waals surface area contributed by atoms with E-state index in [9.17, 15) is 13.6 Å². The maximum atomic E-state index is 12.4. The molecule has 15 heavy (non-hydrogen) atoms. The Labute approximate surface area is 112 Å². The standard InChI is InChI=1S/C8H5F2I2NO2/c1-15-8(14)6-5(12)3(11)2-4(13-6)7(9)10/h2,7H,1H3. The molecule has 82 valence electrons. The fraction of sp³-hybridized carbons (Fsp3) is 0.250. The summed E-state index contributed by atoms with van der Waals surface area (Å²) in [6, 6.07) is 1.25. The molecule has 1 rings (SSSR count). The molecule has 0 spiro atoms. The summed E-state index contributed by atoms with van der Waals surface area (Å²) in [6.07, 6.45) is -2.70. The molecule has 7 heteroatoms. The van der Waals surface area contributed by atoms with Crippen molar-refractivity contribution in [2.45, 2.75) is 6.43 Å². The number of hydrogen-bond acceptors (Lipinski definition) is 3. The number of esters is 1. The summed E-state index contributed by atoms with van der Waals surface area (Å²) in [4.78, 5) is 14.8. The van der Waals surface area contributed by atoms with Gasteiger partial charge in [-0.15, -0.1) is 0 Å². The number of alkyl halides is 2. The van der Waals surface area contributed by atoms with Gasteiger partial charge in [0.25, 0.3) is 6.43 Å². The number of halogens is 4. The van der Waals surface area contributed by atoms with Crippen molar-refractivity contribution in [3.8, 4) is 0 Å². The quantitative estimate of drug-likeness (QED) is 0.526. The Morgan fingerprint density at radius 3 is 2.60 bits per heavy atom. The van der Waals surface area contributed by atoms with Gasteiger partial charge < -0.3 is 4.74 Å². The Balaban J connectivity index is 3.31. The average molecular weight is 439 g/mol. The van der Waals surface area contributed by atoms with Crippen LogP contribution in [0.3, 0.4) is 0 Å². The maximum Gasteiger partial charge on any atom is 0.357 e. The minimum atomic E-state index is -2.70. The zero-order chi connectivity index (χ0) is 11.6. The minimum Gasteiger partial charge on any atom is -0.464 e. The Morgan fingerprint density at radius 2 is 2.13 bits per heavy atom. The van der Waals surface area contributed by atoms with Crippen LogP contribution in [0.1, 0.15) is 22.6 Å². The van der Waals surface area contributed by atoms with Gasteiger partial charge in [-0.25, -0.2) is 18.6 Å². The van der Waals surface area contributed by atoms with Gasteiger partial charge >= 0.3 is 5.97 Å². The van der Waals surface area contributed by atoms with Gasteiger partial charge in [0, 0.05) is 3.57 Å². The number of methoxy groups -OCH3 is 1. The number of pyridine rings is 1. The highest BCUT2D eigenvalue weighted by Crippen LogP contribution is 2.24. The van der Waals surface area contributed by atoms with Crippen molar-refractivity contribution in [2.24, 2.45) is 0 Å². The monoisotopic (exact) mass is 439 g/mol. The van der Waals surface area contributed by atoms with Crippen LogP contribution in [-0.2, 0) is 4.74 Å². The summed E-state index contributed by atoms with van der Waals surface area (Å²) >= 11 is 3.74. The molecule has 0 saturated carbocycles. The summed E-state index contributed by atoms with van der Waals surface area (Å²) in [6.45, 7) is 0. The lowest BCUT2D eigenvalue weighted by molar-refractivity contribution is 0.0590. The summed E-state index contributed by atoms with van der Waals surface area (Å²) in [5.74, 6) is -0.709. The van der Waals surface area contributed by atoms with Crippen LogP contribution < -0.4 is 0 Å². The molecule has 0 aliphatic rings. The van der Waals surface area contributed by atoms with Crippen molar-refractivity contribution < 1.29 is 18.3 Å². The molecule has 0 fully saturated rings. The van der Waals surface area contributed by atoms with Crippen molar-refractivity contribution in [1.29, 1.82) is 0 Å². The van der Waals surface area contributed by atoms with Gasteiger partial charge in [-0.05, 0) is 51.2 Å². The molecule has 0 N–H and O–H groups in total. The maximum absolute atomic E-state index is 12.4. The molecule has 0 aliphatic carbocycles. The van der Waals surface area contributed by atoms with Crippen LogP contribution >= 0.6 is 45.2 Å². The number of ether oxygens (including phenoxy) is 1. The van der Waals surface area contributed by atoms with Crippen molar-refractivity contribution in [1.82, 2.24) is 4.98 Å². The second kappa shape index (κ2) is 5.32. The molecule has 1 heterocycles. The highest BCUT2D eigenvalue weighted by atomic mass is 127. The van der Waals surface area contributed by atoms with Crippen LogP contribution in [0.25, 0.3) is 0 Å². The molecular formula is C8H5F2I2NO2. The lowest BCUT2D eigenvalue weighted by atomic mass is 10.3. The zero-order valence-corrected chi connectivity index (χ0v) is 11.7. The van der Waals surface area contributed by atoms with Crippen LogP contribution in [-0.4, -0.2) is 18.1 Å². The highest BCUT2D eigenvalue weighted by molar-refractivity contribution is 14.1. The molecule has 0 unspecified atom stereocenters. The summed E-state index contributed by atoms with van der Waals surface area (Å²) < 4.78 is 30.3. The molecule has 1 aromatic heterocycles. The molecule has 0 bridgehead atoms. The molecule has 1 aromatic rings. The number of aromatic nitrogens is 1. The van der Waals surface area contributed by atoms with Crippen LogP contribution in [0, 0.1) is 7.14 Å². The third-order valence-corrected chi connectivity index (χ3v) is 4.51. The molecule has 0 saturated heterocycles. The fourth-order valence-electron chi connectivity index (χ4n) is 0.860. The molecular weight excluding hydrogens is 434 g/mol. The van der Waals surface area contributed by atoms with Gasteiger partial charge in [0.1, 0.15) is 5.69 Å². The van der Waals surface area contributed by atoms with E-state index in [4.69, 9.17) is 0 Å². The van der Waals surface area contributed by atoms with E-state index >= 15 is 0 Å². The summed E-state index contributed by atoms with van der Waals surface area (Å²) in [5, 5.41) is 0.